The third-order valence-corrected chi connectivity index (χ3v) is 4.03. The van der Waals surface area contributed by atoms with Gasteiger partial charge in [0.25, 0.3) is 0 Å². The van der Waals surface area contributed by atoms with E-state index in [-0.39, 0.29) is 5.78 Å². The number of ketones is 1. The minimum absolute atomic E-state index is 0.0451. The van der Waals surface area contributed by atoms with Gasteiger partial charge in [-0.3, -0.25) is 4.79 Å². The van der Waals surface area contributed by atoms with Crippen LogP contribution < -0.4 is 0 Å². The van der Waals surface area contributed by atoms with Crippen LogP contribution in [0.25, 0.3) is 0 Å². The Hall–Kier alpha value is 0.200. The first kappa shape index (κ1) is 12.3. The van der Waals surface area contributed by atoms with Gasteiger partial charge < -0.3 is 0 Å². The lowest BCUT2D eigenvalue weighted by Crippen LogP contribution is -2.04. The van der Waals surface area contributed by atoms with Gasteiger partial charge in [0, 0.05) is 9.45 Å². The Bertz CT molecular complexity index is 352. The summed E-state index contributed by atoms with van der Waals surface area (Å²) in [6.45, 7) is 1.49. The van der Waals surface area contributed by atoms with Crippen LogP contribution in [-0.2, 0) is 10.7 Å². The van der Waals surface area contributed by atoms with Crippen LogP contribution in [0, 0.1) is 3.57 Å². The second-order valence-corrected chi connectivity index (χ2v) is 4.71. The van der Waals surface area contributed by atoms with Crippen LogP contribution in [0.5, 0.6) is 0 Å². The lowest BCUT2D eigenvalue weighted by Gasteiger charge is -2.10. The molecule has 0 spiro atoms. The normalized spacial score (nSPS) is 12.6. The van der Waals surface area contributed by atoms with E-state index >= 15 is 0 Å². The minimum atomic E-state index is -0.565. The highest BCUT2D eigenvalue weighted by Crippen LogP contribution is 2.29. The standard InChI is InChI=1S/C10H9Cl2IO/c1-6(14)9(12)8-4-2-3-7(5-11)10(8)13/h2-4,9H,5H2,1H3. The summed E-state index contributed by atoms with van der Waals surface area (Å²) in [4.78, 5) is 11.1. The molecule has 1 aromatic carbocycles. The molecule has 1 aromatic rings. The molecule has 0 N–H and O–H groups in total. The number of hydrogen-bond acceptors (Lipinski definition) is 1. The number of halogens is 3. The van der Waals surface area contributed by atoms with E-state index in [1.54, 1.807) is 0 Å². The SMILES string of the molecule is CC(=O)C(Cl)c1cccc(CCl)c1I. The van der Waals surface area contributed by atoms with Crippen molar-refractivity contribution in [2.75, 3.05) is 0 Å². The first-order valence-corrected chi connectivity index (χ1v) is 6.10. The van der Waals surface area contributed by atoms with Gasteiger partial charge in [-0.25, -0.2) is 0 Å². The van der Waals surface area contributed by atoms with Crippen LogP contribution in [0.1, 0.15) is 23.4 Å². The van der Waals surface area contributed by atoms with Gasteiger partial charge in [0.15, 0.2) is 5.78 Å². The summed E-state index contributed by atoms with van der Waals surface area (Å²) in [6, 6.07) is 5.66. The van der Waals surface area contributed by atoms with E-state index in [2.05, 4.69) is 22.6 Å². The average molecular weight is 343 g/mol. The molecule has 0 saturated carbocycles. The smallest absolute Gasteiger partial charge is 0.152 e. The highest BCUT2D eigenvalue weighted by atomic mass is 127. The van der Waals surface area contributed by atoms with E-state index in [1.165, 1.54) is 6.92 Å². The first-order valence-electron chi connectivity index (χ1n) is 4.05. The van der Waals surface area contributed by atoms with Gasteiger partial charge in [-0.1, -0.05) is 18.2 Å². The van der Waals surface area contributed by atoms with Crippen molar-refractivity contribution in [2.45, 2.75) is 18.2 Å². The predicted octanol–water partition coefficient (Wildman–Crippen LogP) is 3.90. The molecule has 1 atom stereocenters. The van der Waals surface area contributed by atoms with Crippen LogP contribution in [-0.4, -0.2) is 5.78 Å². The Morgan fingerprint density at radius 3 is 2.71 bits per heavy atom. The maximum absolute atomic E-state index is 11.1. The fourth-order valence-electron chi connectivity index (χ4n) is 1.12. The Morgan fingerprint density at radius 1 is 1.57 bits per heavy atom. The van der Waals surface area contributed by atoms with Crippen LogP contribution in [0.4, 0.5) is 0 Å². The maximum atomic E-state index is 11.1. The lowest BCUT2D eigenvalue weighted by molar-refractivity contribution is -0.116. The van der Waals surface area contributed by atoms with Crippen molar-refractivity contribution in [3.8, 4) is 0 Å². The molecule has 0 aliphatic heterocycles. The van der Waals surface area contributed by atoms with E-state index in [1.807, 2.05) is 18.2 Å². The Balaban J connectivity index is 3.15. The Morgan fingerprint density at radius 2 is 2.21 bits per heavy atom. The van der Waals surface area contributed by atoms with Gasteiger partial charge in [-0.2, -0.15) is 0 Å². The minimum Gasteiger partial charge on any atom is -0.298 e. The molecule has 0 fully saturated rings. The van der Waals surface area contributed by atoms with E-state index in [4.69, 9.17) is 23.2 Å². The predicted molar refractivity (Wildman–Crippen MR) is 68.0 cm³/mol. The largest absolute Gasteiger partial charge is 0.298 e. The molecule has 0 aromatic heterocycles. The van der Waals surface area contributed by atoms with E-state index in [9.17, 15) is 4.79 Å². The van der Waals surface area contributed by atoms with Gasteiger partial charge in [0.1, 0.15) is 5.38 Å². The Labute approximate surface area is 107 Å². The average Bonchev–Trinajstić information content (AvgIpc) is 2.17. The highest BCUT2D eigenvalue weighted by Gasteiger charge is 2.17. The molecule has 1 rings (SSSR count). The molecule has 0 heterocycles. The molecule has 4 heteroatoms. The van der Waals surface area contributed by atoms with Crippen molar-refractivity contribution in [1.82, 2.24) is 0 Å². The van der Waals surface area contributed by atoms with Crippen molar-refractivity contribution >= 4 is 51.6 Å². The van der Waals surface area contributed by atoms with Crippen molar-refractivity contribution < 1.29 is 4.79 Å². The van der Waals surface area contributed by atoms with Crippen molar-refractivity contribution in [3.63, 3.8) is 0 Å². The van der Waals surface area contributed by atoms with Gasteiger partial charge in [0.2, 0.25) is 0 Å². The van der Waals surface area contributed by atoms with Gasteiger partial charge in [-0.05, 0) is 40.6 Å². The van der Waals surface area contributed by atoms with Crippen LogP contribution >= 0.6 is 45.8 Å². The third kappa shape index (κ3) is 2.61. The summed E-state index contributed by atoms with van der Waals surface area (Å²) < 4.78 is 0.982. The van der Waals surface area contributed by atoms with Crippen LogP contribution in [0.2, 0.25) is 0 Å². The molecule has 1 unspecified atom stereocenters. The number of Topliss-reactive ketones (excluding diaryl/α,β-unsaturated/α-hetero) is 1. The molecular formula is C10H9Cl2IO. The van der Waals surface area contributed by atoms with E-state index in [0.29, 0.717) is 5.88 Å². The first-order chi connectivity index (χ1) is 6.57. The van der Waals surface area contributed by atoms with Crippen LogP contribution in [0.3, 0.4) is 0 Å². The highest BCUT2D eigenvalue weighted by molar-refractivity contribution is 14.1. The molecule has 0 aliphatic carbocycles. The molecule has 0 bridgehead atoms. The van der Waals surface area contributed by atoms with Crippen LogP contribution in [0.15, 0.2) is 18.2 Å². The molecule has 0 radical (unpaired) electrons. The number of carbonyl (C=O) groups is 1. The number of rotatable bonds is 3. The number of carbonyl (C=O) groups excluding carboxylic acids is 1. The molecule has 1 nitrogen and oxygen atoms in total. The molecule has 0 amide bonds. The zero-order chi connectivity index (χ0) is 10.7. The Kier molecular flexibility index (Phi) is 4.67. The van der Waals surface area contributed by atoms with E-state index < -0.39 is 5.38 Å². The van der Waals surface area contributed by atoms with Gasteiger partial charge in [-0.15, -0.1) is 23.2 Å². The van der Waals surface area contributed by atoms with Crippen molar-refractivity contribution in [2.24, 2.45) is 0 Å². The summed E-state index contributed by atoms with van der Waals surface area (Å²) in [5.74, 6) is 0.393. The van der Waals surface area contributed by atoms with Gasteiger partial charge in [0.05, 0.1) is 0 Å². The number of alkyl halides is 2. The number of hydrogen-bond donors (Lipinski definition) is 0. The maximum Gasteiger partial charge on any atom is 0.152 e. The summed E-state index contributed by atoms with van der Waals surface area (Å²) in [6.07, 6.45) is 0. The van der Waals surface area contributed by atoms with Gasteiger partial charge >= 0.3 is 0 Å². The summed E-state index contributed by atoms with van der Waals surface area (Å²) in [7, 11) is 0. The van der Waals surface area contributed by atoms with E-state index in [0.717, 1.165) is 14.7 Å². The molecular weight excluding hydrogens is 334 g/mol. The molecule has 14 heavy (non-hydrogen) atoms. The monoisotopic (exact) mass is 342 g/mol. The van der Waals surface area contributed by atoms with Crippen molar-refractivity contribution in [3.05, 3.63) is 32.9 Å². The summed E-state index contributed by atoms with van der Waals surface area (Å²) in [5.41, 5.74) is 1.86. The fourth-order valence-corrected chi connectivity index (χ4v) is 2.79. The van der Waals surface area contributed by atoms with Crippen molar-refractivity contribution in [1.29, 1.82) is 0 Å². The second-order valence-electron chi connectivity index (χ2n) is 2.93. The summed E-state index contributed by atoms with van der Waals surface area (Å²) in [5, 5.41) is -0.565. The number of benzene rings is 1. The zero-order valence-corrected chi connectivity index (χ0v) is 11.2. The summed E-state index contributed by atoms with van der Waals surface area (Å²) >= 11 is 13.9. The lowest BCUT2D eigenvalue weighted by atomic mass is 10.1. The molecule has 0 aliphatic rings. The fraction of sp³-hybridized carbons (Fsp3) is 0.300. The molecule has 0 saturated heterocycles. The quantitative estimate of drug-likeness (QED) is 0.601. The zero-order valence-electron chi connectivity index (χ0n) is 7.56. The third-order valence-electron chi connectivity index (χ3n) is 1.88. The topological polar surface area (TPSA) is 17.1 Å². The second kappa shape index (κ2) is 5.33. The molecule has 76 valence electrons.